The van der Waals surface area contributed by atoms with Crippen molar-refractivity contribution in [3.63, 3.8) is 0 Å². The van der Waals surface area contributed by atoms with Crippen molar-refractivity contribution in [1.29, 1.82) is 0 Å². The Bertz CT molecular complexity index is 886. The first-order valence-corrected chi connectivity index (χ1v) is 9.90. The van der Waals surface area contributed by atoms with Crippen LogP contribution in [0.4, 0.5) is 4.79 Å². The van der Waals surface area contributed by atoms with Crippen LogP contribution in [0.15, 0.2) is 29.5 Å². The molecule has 3 rings (SSSR count). The van der Waals surface area contributed by atoms with Crippen molar-refractivity contribution in [2.75, 3.05) is 13.1 Å². The number of ether oxygens (including phenoxy) is 2. The molecule has 0 aliphatic carbocycles. The zero-order valence-corrected chi connectivity index (χ0v) is 18.1. The number of aldehydes is 1. The van der Waals surface area contributed by atoms with Crippen LogP contribution in [0.25, 0.3) is 11.0 Å². The molecule has 29 heavy (non-hydrogen) atoms. The molecule has 1 amide bonds. The number of hydrogen-bond acceptors (Lipinski definition) is 6. The summed E-state index contributed by atoms with van der Waals surface area (Å²) < 4.78 is 12.9. The lowest BCUT2D eigenvalue weighted by molar-refractivity contribution is -0.106. The van der Waals surface area contributed by atoms with Crippen LogP contribution in [0.2, 0.25) is 0 Å². The lowest BCUT2D eigenvalue weighted by Gasteiger charge is -2.31. The Hall–Kier alpha value is -2.90. The van der Waals surface area contributed by atoms with Gasteiger partial charge in [0.25, 0.3) is 0 Å². The highest BCUT2D eigenvalue weighted by Gasteiger charge is 2.26. The Kier molecular flexibility index (Phi) is 7.36. The van der Waals surface area contributed by atoms with Gasteiger partial charge in [0.05, 0.1) is 0 Å². The summed E-state index contributed by atoms with van der Waals surface area (Å²) in [7, 11) is 1.77. The van der Waals surface area contributed by atoms with E-state index in [9.17, 15) is 9.59 Å². The van der Waals surface area contributed by atoms with Crippen LogP contribution < -0.4 is 4.74 Å². The molecule has 1 aromatic heterocycles. The zero-order valence-electron chi connectivity index (χ0n) is 18.1. The lowest BCUT2D eigenvalue weighted by Crippen LogP contribution is -2.40. The van der Waals surface area contributed by atoms with Crippen LogP contribution in [-0.4, -0.2) is 51.0 Å². The second-order valence-electron chi connectivity index (χ2n) is 7.49. The molecule has 1 fully saturated rings. The molecular formula is C21H30N4O4. The highest BCUT2D eigenvalue weighted by molar-refractivity contribution is 5.82. The number of carbonyl (C=O) groups excluding carboxylic acids is 2. The maximum atomic E-state index is 12.2. The van der Waals surface area contributed by atoms with Crippen LogP contribution in [0, 0.1) is 0 Å². The summed E-state index contributed by atoms with van der Waals surface area (Å²) in [6, 6.07) is 5.43. The van der Waals surface area contributed by atoms with E-state index in [2.05, 4.69) is 10.3 Å². The monoisotopic (exact) mass is 402 g/mol. The molecule has 0 saturated carbocycles. The van der Waals surface area contributed by atoms with E-state index in [0.717, 1.165) is 17.4 Å². The number of carbonyl (C=O) groups is 2. The van der Waals surface area contributed by atoms with E-state index in [1.807, 2.05) is 46.8 Å². The molecule has 0 unspecified atom stereocenters. The van der Waals surface area contributed by atoms with E-state index in [1.54, 1.807) is 22.7 Å². The fraction of sp³-hybridized carbons (Fsp3) is 0.524. The predicted molar refractivity (Wildman–Crippen MR) is 111 cm³/mol. The summed E-state index contributed by atoms with van der Waals surface area (Å²) in [5, 5.41) is 8.04. The van der Waals surface area contributed by atoms with Gasteiger partial charge in [-0.25, -0.2) is 9.48 Å². The van der Waals surface area contributed by atoms with Gasteiger partial charge in [-0.1, -0.05) is 25.1 Å². The van der Waals surface area contributed by atoms with Gasteiger partial charge in [0.15, 0.2) is 17.8 Å². The Labute approximate surface area is 171 Å². The van der Waals surface area contributed by atoms with E-state index < -0.39 is 5.60 Å². The number of nitrogens with zero attached hydrogens (tertiary/aromatic N) is 4. The minimum atomic E-state index is -0.528. The number of benzene rings is 1. The maximum absolute atomic E-state index is 12.2. The van der Waals surface area contributed by atoms with Crippen molar-refractivity contribution in [2.24, 2.45) is 7.05 Å². The highest BCUT2D eigenvalue weighted by atomic mass is 16.6. The highest BCUT2D eigenvalue weighted by Crippen LogP contribution is 2.28. The van der Waals surface area contributed by atoms with Gasteiger partial charge in [-0.3, -0.25) is 4.79 Å². The molecule has 0 radical (unpaired) electrons. The number of rotatable bonds is 3. The van der Waals surface area contributed by atoms with E-state index >= 15 is 0 Å². The number of para-hydroxylation sites is 1. The minimum Gasteiger partial charge on any atom is -0.452 e. The van der Waals surface area contributed by atoms with Crippen molar-refractivity contribution >= 4 is 23.4 Å². The number of likely N-dealkylation sites (tertiary alicyclic amines) is 1. The van der Waals surface area contributed by atoms with Crippen LogP contribution in [-0.2, 0) is 16.6 Å². The Morgan fingerprint density at radius 1 is 1.17 bits per heavy atom. The third-order valence-corrected chi connectivity index (χ3v) is 4.28. The third-order valence-electron chi connectivity index (χ3n) is 4.28. The second-order valence-corrected chi connectivity index (χ2v) is 7.49. The fourth-order valence-electron chi connectivity index (χ4n) is 2.99. The van der Waals surface area contributed by atoms with Crippen molar-refractivity contribution in [1.82, 2.24) is 19.9 Å². The average Bonchev–Trinajstić information content (AvgIpc) is 3.08. The molecule has 0 spiro atoms. The van der Waals surface area contributed by atoms with Gasteiger partial charge in [-0.2, -0.15) is 0 Å². The van der Waals surface area contributed by atoms with E-state index in [0.29, 0.717) is 37.2 Å². The Balaban J connectivity index is 0.00000145. The predicted octanol–water partition coefficient (Wildman–Crippen LogP) is 3.86. The first-order chi connectivity index (χ1) is 13.8. The van der Waals surface area contributed by atoms with Gasteiger partial charge < -0.3 is 14.4 Å². The molecule has 0 bridgehead atoms. The smallest absolute Gasteiger partial charge is 0.410 e. The second kappa shape index (κ2) is 9.54. The summed E-state index contributed by atoms with van der Waals surface area (Å²) in [4.78, 5) is 25.5. The topological polar surface area (TPSA) is 86.5 Å². The third kappa shape index (κ3) is 5.56. The summed E-state index contributed by atoms with van der Waals surface area (Å²) in [6.45, 7) is 10.5. The molecule has 8 heteroatoms. The number of allylic oxidation sites excluding steroid dienone is 1. The van der Waals surface area contributed by atoms with Crippen LogP contribution >= 0.6 is 0 Å². The molecular weight excluding hydrogens is 372 g/mol. The Morgan fingerprint density at radius 2 is 1.83 bits per heavy atom. The van der Waals surface area contributed by atoms with Gasteiger partial charge in [-0.05, 0) is 51.3 Å². The van der Waals surface area contributed by atoms with Crippen molar-refractivity contribution in [3.05, 3.63) is 29.5 Å². The first-order valence-electron chi connectivity index (χ1n) is 9.90. The normalized spacial score (nSPS) is 14.1. The zero-order chi connectivity index (χ0) is 21.6. The van der Waals surface area contributed by atoms with Crippen LogP contribution in [0.5, 0.6) is 5.75 Å². The summed E-state index contributed by atoms with van der Waals surface area (Å²) in [5.74, 6) is 0.816. The molecule has 1 aliphatic rings. The largest absolute Gasteiger partial charge is 0.452 e. The molecule has 8 nitrogen and oxygen atoms in total. The molecule has 0 N–H and O–H groups in total. The lowest BCUT2D eigenvalue weighted by atomic mass is 10.0. The van der Waals surface area contributed by atoms with Gasteiger partial charge in [0, 0.05) is 20.1 Å². The molecule has 158 valence electrons. The number of amides is 1. The molecule has 2 heterocycles. The molecule has 1 saturated heterocycles. The maximum Gasteiger partial charge on any atom is 0.410 e. The van der Waals surface area contributed by atoms with Crippen molar-refractivity contribution in [3.8, 4) is 5.75 Å². The number of fused-ring (bicyclic) bond motifs is 1. The number of aryl methyl sites for hydroxylation is 1. The van der Waals surface area contributed by atoms with E-state index in [1.165, 1.54) is 0 Å². The van der Waals surface area contributed by atoms with Gasteiger partial charge >= 0.3 is 6.09 Å². The number of piperidine rings is 1. The molecule has 1 aliphatic heterocycles. The van der Waals surface area contributed by atoms with Gasteiger partial charge in [-0.15, -0.1) is 5.10 Å². The minimum absolute atomic E-state index is 0.285. The van der Waals surface area contributed by atoms with Gasteiger partial charge in [0.2, 0.25) is 0 Å². The summed E-state index contributed by atoms with van der Waals surface area (Å²) in [6.07, 6.45) is 1.52. The molecule has 0 atom stereocenters. The molecule has 2 aromatic rings. The van der Waals surface area contributed by atoms with Gasteiger partial charge in [0.1, 0.15) is 16.6 Å². The van der Waals surface area contributed by atoms with Crippen molar-refractivity contribution in [2.45, 2.75) is 53.1 Å². The van der Waals surface area contributed by atoms with E-state index in [-0.39, 0.29) is 11.9 Å². The summed E-state index contributed by atoms with van der Waals surface area (Å²) >= 11 is 0. The van der Waals surface area contributed by atoms with E-state index in [4.69, 9.17) is 9.47 Å². The average molecular weight is 402 g/mol. The fourth-order valence-corrected chi connectivity index (χ4v) is 2.99. The van der Waals surface area contributed by atoms with Crippen LogP contribution in [0.3, 0.4) is 0 Å². The molecule has 1 aromatic carbocycles. The first kappa shape index (κ1) is 22.4. The standard InChI is InChI=1S/C19H24N4O4.C2H6/c1-19(2,3)27-18(25)23-10-8-13(9-11-23)16(12-24)26-15-7-5-6-14-17(15)22(4)21-20-14;1-2/h5-7,12H,8-11H2,1-4H3;1-2H3. The number of hydrogen-bond donors (Lipinski definition) is 0. The quantitative estimate of drug-likeness (QED) is 0.440. The SMILES string of the molecule is CC.Cn1nnc2cccc(OC(C=O)=C3CCN(C(=O)OC(C)(C)C)CC3)c21. The Morgan fingerprint density at radius 3 is 2.41 bits per heavy atom. The van der Waals surface area contributed by atoms with Crippen LogP contribution in [0.1, 0.15) is 47.5 Å². The summed E-state index contributed by atoms with van der Waals surface area (Å²) in [5.41, 5.74) is 1.78. The van der Waals surface area contributed by atoms with Crippen molar-refractivity contribution < 1.29 is 19.1 Å². The number of aromatic nitrogens is 3.